The molecule has 0 atom stereocenters. The van der Waals surface area contributed by atoms with Gasteiger partial charge in [-0.15, -0.1) is 0 Å². The fraction of sp³-hybridized carbons (Fsp3) is 0.0769. The van der Waals surface area contributed by atoms with E-state index in [0.717, 1.165) is 22.2 Å². The molecular weight excluding hydrogens is 427 g/mol. The minimum Gasteiger partial charge on any atom is -0.398 e. The van der Waals surface area contributed by atoms with Crippen molar-refractivity contribution in [2.24, 2.45) is 0 Å². The van der Waals surface area contributed by atoms with Crippen LogP contribution in [0.15, 0.2) is 44.2 Å². The first-order valence-corrected chi connectivity index (χ1v) is 8.80. The third-order valence-corrected chi connectivity index (χ3v) is 5.18. The van der Waals surface area contributed by atoms with Gasteiger partial charge < -0.3 is 5.73 Å². The maximum Gasteiger partial charge on any atom is 0.264 e. The van der Waals surface area contributed by atoms with Gasteiger partial charge >= 0.3 is 0 Å². The lowest BCUT2D eigenvalue weighted by Crippen LogP contribution is -2.15. The Kier molecular flexibility index (Phi) is 4.60. The lowest BCUT2D eigenvalue weighted by Gasteiger charge is -2.11. The number of hydrogen-bond acceptors (Lipinski definition) is 3. The summed E-state index contributed by atoms with van der Waals surface area (Å²) in [6.45, 7) is 1.82. The predicted molar refractivity (Wildman–Crippen MR) is 88.2 cm³/mol. The van der Waals surface area contributed by atoms with Crippen molar-refractivity contribution in [3.05, 3.63) is 50.7 Å². The third kappa shape index (κ3) is 3.75. The average Bonchev–Trinajstić information content (AvgIpc) is 2.31. The van der Waals surface area contributed by atoms with E-state index in [1.54, 1.807) is 12.1 Å². The van der Waals surface area contributed by atoms with Gasteiger partial charge in [0.2, 0.25) is 0 Å². The van der Waals surface area contributed by atoms with Crippen molar-refractivity contribution in [3.8, 4) is 0 Å². The normalized spacial score (nSPS) is 11.4. The second-order valence-electron chi connectivity index (χ2n) is 4.43. The molecule has 0 spiro atoms. The van der Waals surface area contributed by atoms with Crippen molar-refractivity contribution < 1.29 is 12.8 Å². The van der Waals surface area contributed by atoms with Crippen LogP contribution in [0.2, 0.25) is 0 Å². The van der Waals surface area contributed by atoms with Crippen LogP contribution in [0.25, 0.3) is 0 Å². The van der Waals surface area contributed by atoms with Crippen molar-refractivity contribution in [1.29, 1.82) is 0 Å². The molecule has 2 aromatic rings. The number of rotatable bonds is 3. The summed E-state index contributed by atoms with van der Waals surface area (Å²) < 4.78 is 41.8. The largest absolute Gasteiger partial charge is 0.398 e. The molecule has 0 amide bonds. The van der Waals surface area contributed by atoms with Crippen LogP contribution in [0.1, 0.15) is 5.56 Å². The van der Waals surface area contributed by atoms with Crippen LogP contribution in [0.4, 0.5) is 15.8 Å². The lowest BCUT2D eigenvalue weighted by molar-refractivity contribution is 0.570. The molecule has 0 aliphatic carbocycles. The Hall–Kier alpha value is -1.12. The van der Waals surface area contributed by atoms with Gasteiger partial charge in [-0.05, 0) is 58.7 Å². The molecule has 0 saturated carbocycles. The van der Waals surface area contributed by atoms with Gasteiger partial charge in [0.05, 0.1) is 5.69 Å². The van der Waals surface area contributed by atoms with Crippen LogP contribution in [-0.2, 0) is 10.0 Å². The zero-order valence-corrected chi connectivity index (χ0v) is 14.8. The maximum atomic E-state index is 13.9. The van der Waals surface area contributed by atoms with E-state index >= 15 is 0 Å². The predicted octanol–water partition coefficient (Wildman–Crippen LogP) is 4.04. The molecular formula is C13H11Br2FN2O2S. The van der Waals surface area contributed by atoms with E-state index in [4.69, 9.17) is 5.73 Å². The van der Waals surface area contributed by atoms with E-state index < -0.39 is 20.7 Å². The molecule has 0 heterocycles. The van der Waals surface area contributed by atoms with Gasteiger partial charge in [-0.1, -0.05) is 15.9 Å². The van der Waals surface area contributed by atoms with E-state index in [1.807, 2.05) is 13.0 Å². The second kappa shape index (κ2) is 5.94. The number of nitrogens with one attached hydrogen (secondary N) is 1. The number of nitrogens with two attached hydrogens (primary N) is 1. The van der Waals surface area contributed by atoms with Crippen molar-refractivity contribution in [2.75, 3.05) is 10.5 Å². The molecule has 0 aromatic heterocycles. The van der Waals surface area contributed by atoms with Crippen LogP contribution < -0.4 is 10.5 Å². The van der Waals surface area contributed by atoms with E-state index in [0.29, 0.717) is 10.2 Å². The molecule has 0 fully saturated rings. The van der Waals surface area contributed by atoms with Crippen LogP contribution in [0.5, 0.6) is 0 Å². The van der Waals surface area contributed by atoms with Crippen LogP contribution in [0, 0.1) is 12.7 Å². The standard InChI is InChI=1S/C13H11Br2FN2O2S/c1-7-2-8(14)4-9(3-7)18-21(19,20)13-6-12(17)10(15)5-11(13)16/h2-6,18H,17H2,1H3. The van der Waals surface area contributed by atoms with Gasteiger partial charge in [-0.25, -0.2) is 12.8 Å². The molecule has 0 aliphatic rings. The summed E-state index contributed by atoms with van der Waals surface area (Å²) in [5.74, 6) is -0.879. The number of anilines is 2. The average molecular weight is 438 g/mol. The van der Waals surface area contributed by atoms with Gasteiger partial charge in [0.15, 0.2) is 0 Å². The minimum atomic E-state index is -4.06. The van der Waals surface area contributed by atoms with Gasteiger partial charge in [-0.3, -0.25) is 4.72 Å². The molecule has 8 heteroatoms. The Bertz CT molecular complexity index is 790. The number of halogens is 3. The maximum absolute atomic E-state index is 13.9. The highest BCUT2D eigenvalue weighted by molar-refractivity contribution is 9.10. The van der Waals surface area contributed by atoms with Crippen molar-refractivity contribution in [3.63, 3.8) is 0 Å². The smallest absolute Gasteiger partial charge is 0.264 e. The summed E-state index contributed by atoms with van der Waals surface area (Å²) in [5, 5.41) is 0. The molecule has 3 N–H and O–H groups in total. The van der Waals surface area contributed by atoms with Crippen LogP contribution in [0.3, 0.4) is 0 Å². The molecule has 2 aromatic carbocycles. The summed E-state index contributed by atoms with van der Waals surface area (Å²) in [7, 11) is -4.06. The highest BCUT2D eigenvalue weighted by Crippen LogP contribution is 2.28. The first kappa shape index (κ1) is 16.3. The fourth-order valence-electron chi connectivity index (χ4n) is 1.76. The Morgan fingerprint density at radius 1 is 1.14 bits per heavy atom. The SMILES string of the molecule is Cc1cc(Br)cc(NS(=O)(=O)c2cc(N)c(Br)cc2F)c1. The number of aryl methyl sites for hydroxylation is 1. The van der Waals surface area contributed by atoms with Crippen molar-refractivity contribution in [1.82, 2.24) is 0 Å². The molecule has 112 valence electrons. The Morgan fingerprint density at radius 2 is 1.81 bits per heavy atom. The zero-order valence-electron chi connectivity index (χ0n) is 10.8. The number of sulfonamides is 1. The molecule has 21 heavy (non-hydrogen) atoms. The Labute approximate surface area is 138 Å². The Morgan fingerprint density at radius 3 is 2.43 bits per heavy atom. The summed E-state index contributed by atoms with van der Waals surface area (Å²) in [5.41, 5.74) is 6.95. The summed E-state index contributed by atoms with van der Waals surface area (Å²) in [4.78, 5) is -0.499. The third-order valence-electron chi connectivity index (χ3n) is 2.64. The second-order valence-corrected chi connectivity index (χ2v) is 7.85. The summed E-state index contributed by atoms with van der Waals surface area (Å²) in [6.07, 6.45) is 0. The first-order chi connectivity index (χ1) is 9.69. The number of hydrogen-bond donors (Lipinski definition) is 2. The number of nitrogen functional groups attached to an aromatic ring is 1. The molecule has 0 bridgehead atoms. The fourth-order valence-corrected chi connectivity index (χ4v) is 3.82. The van der Waals surface area contributed by atoms with E-state index in [9.17, 15) is 12.8 Å². The van der Waals surface area contributed by atoms with Crippen LogP contribution >= 0.6 is 31.9 Å². The zero-order chi connectivity index (χ0) is 15.8. The molecule has 4 nitrogen and oxygen atoms in total. The molecule has 0 unspecified atom stereocenters. The minimum absolute atomic E-state index is 0.141. The first-order valence-electron chi connectivity index (χ1n) is 5.73. The van der Waals surface area contributed by atoms with Gasteiger partial charge in [-0.2, -0.15) is 0 Å². The monoisotopic (exact) mass is 436 g/mol. The van der Waals surface area contributed by atoms with Crippen LogP contribution in [-0.4, -0.2) is 8.42 Å². The molecule has 2 rings (SSSR count). The molecule has 0 radical (unpaired) electrons. The van der Waals surface area contributed by atoms with E-state index in [-0.39, 0.29) is 5.69 Å². The summed E-state index contributed by atoms with van der Waals surface area (Å²) >= 11 is 6.32. The van der Waals surface area contributed by atoms with Gasteiger partial charge in [0.25, 0.3) is 10.0 Å². The quantitative estimate of drug-likeness (QED) is 0.711. The van der Waals surface area contributed by atoms with E-state index in [2.05, 4.69) is 36.6 Å². The summed E-state index contributed by atoms with van der Waals surface area (Å²) in [6, 6.07) is 7.16. The molecule has 0 aliphatic heterocycles. The molecule has 0 saturated heterocycles. The topological polar surface area (TPSA) is 72.2 Å². The van der Waals surface area contributed by atoms with Gasteiger partial charge in [0.1, 0.15) is 10.7 Å². The van der Waals surface area contributed by atoms with Crippen molar-refractivity contribution in [2.45, 2.75) is 11.8 Å². The van der Waals surface area contributed by atoms with Gasteiger partial charge in [0, 0.05) is 14.6 Å². The Balaban J connectivity index is 2.45. The highest BCUT2D eigenvalue weighted by Gasteiger charge is 2.21. The lowest BCUT2D eigenvalue weighted by atomic mass is 10.2. The highest BCUT2D eigenvalue weighted by atomic mass is 79.9. The van der Waals surface area contributed by atoms with Crippen molar-refractivity contribution >= 4 is 53.3 Å². The number of benzene rings is 2. The van der Waals surface area contributed by atoms with E-state index in [1.165, 1.54) is 0 Å².